The maximum absolute atomic E-state index is 12.3. The molecule has 1 aromatic carbocycles. The van der Waals surface area contributed by atoms with E-state index < -0.39 is 18.4 Å². The number of carboxylic acids is 1. The molecule has 1 amide bonds. The summed E-state index contributed by atoms with van der Waals surface area (Å²) in [6.45, 7) is -0.465. The van der Waals surface area contributed by atoms with Crippen molar-refractivity contribution >= 4 is 29.2 Å². The number of hydrogen-bond donors (Lipinski definition) is 1. The molecule has 0 aliphatic carbocycles. The van der Waals surface area contributed by atoms with E-state index in [1.165, 1.54) is 12.1 Å². The number of hydrogen-bond acceptors (Lipinski definition) is 4. The Hall–Kier alpha value is -2.47. The summed E-state index contributed by atoms with van der Waals surface area (Å²) in [5.41, 5.74) is 0.496. The van der Waals surface area contributed by atoms with E-state index in [-0.39, 0.29) is 10.8 Å². The highest BCUT2D eigenvalue weighted by atomic mass is 35.5. The zero-order valence-corrected chi connectivity index (χ0v) is 11.0. The number of carboxylic acid groups (broad SMARTS) is 1. The van der Waals surface area contributed by atoms with Crippen LogP contribution in [0.15, 0.2) is 42.5 Å². The zero-order chi connectivity index (χ0) is 14.5. The zero-order valence-electron chi connectivity index (χ0n) is 10.2. The summed E-state index contributed by atoms with van der Waals surface area (Å²) in [5.74, 6) is -1.67. The van der Waals surface area contributed by atoms with Gasteiger partial charge < -0.3 is 5.11 Å². The maximum atomic E-state index is 12.3. The summed E-state index contributed by atoms with van der Waals surface area (Å²) < 4.78 is 0. The number of anilines is 1. The molecule has 0 radical (unpaired) electrons. The largest absolute Gasteiger partial charge is 0.480 e. The maximum Gasteiger partial charge on any atom is 0.323 e. The van der Waals surface area contributed by atoms with E-state index in [2.05, 4.69) is 10.2 Å². The third-order valence-electron chi connectivity index (χ3n) is 2.46. The lowest BCUT2D eigenvalue weighted by Gasteiger charge is -2.20. The van der Waals surface area contributed by atoms with Crippen molar-refractivity contribution in [3.05, 3.63) is 53.3 Å². The van der Waals surface area contributed by atoms with E-state index in [0.717, 1.165) is 4.90 Å². The summed E-state index contributed by atoms with van der Waals surface area (Å²) in [7, 11) is 0. The summed E-state index contributed by atoms with van der Waals surface area (Å²) in [6, 6.07) is 11.3. The Bertz CT molecular complexity index is 617. The molecule has 7 heteroatoms. The van der Waals surface area contributed by atoms with E-state index in [1.54, 1.807) is 30.3 Å². The molecule has 2 aromatic rings. The Morgan fingerprint density at radius 2 is 1.80 bits per heavy atom. The van der Waals surface area contributed by atoms with Crippen molar-refractivity contribution in [1.82, 2.24) is 10.2 Å². The van der Waals surface area contributed by atoms with E-state index in [9.17, 15) is 9.59 Å². The lowest BCUT2D eigenvalue weighted by Crippen LogP contribution is -2.36. The Kier molecular flexibility index (Phi) is 4.27. The third-order valence-corrected chi connectivity index (χ3v) is 2.66. The molecule has 1 N–H and O–H groups in total. The van der Waals surface area contributed by atoms with Gasteiger partial charge in [-0.2, -0.15) is 0 Å². The standard InChI is InChI=1S/C13H10ClN3O3/c14-11-7-6-10(15-16-11)13(20)17(8-12(18)19)9-4-2-1-3-5-9/h1-7H,8H2,(H,18,19). The second-order valence-electron chi connectivity index (χ2n) is 3.86. The highest BCUT2D eigenvalue weighted by Crippen LogP contribution is 2.16. The van der Waals surface area contributed by atoms with Crippen LogP contribution in [-0.2, 0) is 4.79 Å². The number of carbonyl (C=O) groups excluding carboxylic acids is 1. The van der Waals surface area contributed by atoms with Crippen molar-refractivity contribution in [2.45, 2.75) is 0 Å². The van der Waals surface area contributed by atoms with Crippen molar-refractivity contribution in [3.63, 3.8) is 0 Å². The van der Waals surface area contributed by atoms with Crippen LogP contribution in [0.3, 0.4) is 0 Å². The molecule has 2 rings (SSSR count). The van der Waals surface area contributed by atoms with Crippen LogP contribution in [0.5, 0.6) is 0 Å². The fourth-order valence-corrected chi connectivity index (χ4v) is 1.69. The van der Waals surface area contributed by atoms with Crippen LogP contribution in [0.25, 0.3) is 0 Å². The van der Waals surface area contributed by atoms with Gasteiger partial charge in [0.15, 0.2) is 10.8 Å². The molecule has 1 aromatic heterocycles. The predicted octanol–water partition coefficient (Wildman–Crippen LogP) is 1.86. The van der Waals surface area contributed by atoms with Crippen LogP contribution in [-0.4, -0.2) is 33.7 Å². The number of para-hydroxylation sites is 1. The van der Waals surface area contributed by atoms with Crippen LogP contribution < -0.4 is 4.90 Å². The number of amides is 1. The fourth-order valence-electron chi connectivity index (χ4n) is 1.59. The Labute approximate surface area is 119 Å². The quantitative estimate of drug-likeness (QED) is 0.929. The van der Waals surface area contributed by atoms with Crippen molar-refractivity contribution < 1.29 is 14.7 Å². The highest BCUT2D eigenvalue weighted by Gasteiger charge is 2.21. The van der Waals surface area contributed by atoms with E-state index in [1.807, 2.05) is 0 Å². The molecule has 0 fully saturated rings. The third kappa shape index (κ3) is 3.30. The average Bonchev–Trinajstić information content (AvgIpc) is 2.45. The van der Waals surface area contributed by atoms with Gasteiger partial charge in [-0.15, -0.1) is 10.2 Å². The number of carbonyl (C=O) groups is 2. The molecule has 0 aliphatic heterocycles. The van der Waals surface area contributed by atoms with E-state index in [4.69, 9.17) is 16.7 Å². The summed E-state index contributed by atoms with van der Waals surface area (Å²) in [4.78, 5) is 24.3. The Morgan fingerprint density at radius 1 is 1.10 bits per heavy atom. The van der Waals surface area contributed by atoms with Crippen LogP contribution in [0, 0.1) is 0 Å². The second-order valence-corrected chi connectivity index (χ2v) is 4.25. The number of nitrogens with zero attached hydrogens (tertiary/aromatic N) is 3. The number of aliphatic carboxylic acids is 1. The predicted molar refractivity (Wildman–Crippen MR) is 72.8 cm³/mol. The first-order valence-electron chi connectivity index (χ1n) is 5.66. The number of aromatic nitrogens is 2. The van der Waals surface area contributed by atoms with Crippen molar-refractivity contribution in [2.75, 3.05) is 11.4 Å². The fraction of sp³-hybridized carbons (Fsp3) is 0.0769. The molecule has 6 nitrogen and oxygen atoms in total. The van der Waals surface area contributed by atoms with Gasteiger partial charge in [0.2, 0.25) is 0 Å². The minimum absolute atomic E-state index is 0.0273. The Morgan fingerprint density at radius 3 is 2.35 bits per heavy atom. The molecule has 0 atom stereocenters. The SMILES string of the molecule is O=C(O)CN(C(=O)c1ccc(Cl)nn1)c1ccccc1. The van der Waals surface area contributed by atoms with Crippen LogP contribution in [0.1, 0.15) is 10.5 Å². The molecule has 20 heavy (non-hydrogen) atoms. The van der Waals surface area contributed by atoms with Gasteiger partial charge in [-0.1, -0.05) is 29.8 Å². The molecular formula is C13H10ClN3O3. The van der Waals surface area contributed by atoms with E-state index >= 15 is 0 Å². The average molecular weight is 292 g/mol. The van der Waals surface area contributed by atoms with Gasteiger partial charge in [-0.05, 0) is 24.3 Å². The molecule has 0 aliphatic rings. The highest BCUT2D eigenvalue weighted by molar-refractivity contribution is 6.29. The Balaban J connectivity index is 2.34. The lowest BCUT2D eigenvalue weighted by molar-refractivity contribution is -0.135. The van der Waals surface area contributed by atoms with Gasteiger partial charge in [0.05, 0.1) is 0 Å². The normalized spacial score (nSPS) is 10.1. The first kappa shape index (κ1) is 14.0. The van der Waals surface area contributed by atoms with Gasteiger partial charge in [0.1, 0.15) is 6.54 Å². The van der Waals surface area contributed by atoms with Gasteiger partial charge in [0.25, 0.3) is 5.91 Å². The van der Waals surface area contributed by atoms with Gasteiger partial charge >= 0.3 is 5.97 Å². The minimum Gasteiger partial charge on any atom is -0.480 e. The van der Waals surface area contributed by atoms with Crippen molar-refractivity contribution in [2.24, 2.45) is 0 Å². The number of rotatable bonds is 4. The van der Waals surface area contributed by atoms with Crippen molar-refractivity contribution in [1.29, 1.82) is 0 Å². The summed E-state index contributed by atoms with van der Waals surface area (Å²) in [6.07, 6.45) is 0. The number of benzene rings is 1. The van der Waals surface area contributed by atoms with Gasteiger partial charge in [-0.3, -0.25) is 14.5 Å². The monoisotopic (exact) mass is 291 g/mol. The molecule has 0 spiro atoms. The van der Waals surface area contributed by atoms with E-state index in [0.29, 0.717) is 5.69 Å². The molecule has 0 bridgehead atoms. The van der Waals surface area contributed by atoms with Crippen LogP contribution in [0.4, 0.5) is 5.69 Å². The molecule has 0 saturated heterocycles. The van der Waals surface area contributed by atoms with Crippen LogP contribution in [0.2, 0.25) is 5.15 Å². The first-order valence-corrected chi connectivity index (χ1v) is 6.03. The smallest absolute Gasteiger partial charge is 0.323 e. The molecule has 0 unspecified atom stereocenters. The first-order chi connectivity index (χ1) is 9.58. The molecule has 102 valence electrons. The minimum atomic E-state index is -1.12. The van der Waals surface area contributed by atoms with Gasteiger partial charge in [0, 0.05) is 5.69 Å². The molecule has 1 heterocycles. The topological polar surface area (TPSA) is 83.4 Å². The summed E-state index contributed by atoms with van der Waals surface area (Å²) >= 11 is 5.60. The van der Waals surface area contributed by atoms with Gasteiger partial charge in [-0.25, -0.2) is 0 Å². The number of halogens is 1. The summed E-state index contributed by atoms with van der Waals surface area (Å²) in [5, 5.41) is 16.3. The van der Waals surface area contributed by atoms with Crippen molar-refractivity contribution in [3.8, 4) is 0 Å². The lowest BCUT2D eigenvalue weighted by atomic mass is 10.2. The van der Waals surface area contributed by atoms with Crippen LogP contribution >= 0.6 is 11.6 Å². The molecular weight excluding hydrogens is 282 g/mol. The second kappa shape index (κ2) is 6.12. The molecule has 0 saturated carbocycles.